The number of carbonyl (C=O) groups excluding carboxylic acids is 2. The van der Waals surface area contributed by atoms with E-state index in [0.29, 0.717) is 16.0 Å². The fourth-order valence-electron chi connectivity index (χ4n) is 2.75. The molecule has 0 saturated carbocycles. The van der Waals surface area contributed by atoms with Gasteiger partial charge in [-0.2, -0.15) is 0 Å². The maximum atomic E-state index is 12.6. The summed E-state index contributed by atoms with van der Waals surface area (Å²) in [4.78, 5) is 24.9. The Hall–Kier alpha value is -3.34. The van der Waals surface area contributed by atoms with E-state index in [2.05, 4.69) is 15.6 Å². The minimum atomic E-state index is -3.84. The van der Waals surface area contributed by atoms with Crippen molar-refractivity contribution in [2.45, 2.75) is 4.21 Å². The predicted octanol–water partition coefficient (Wildman–Crippen LogP) is 4.02. The zero-order chi connectivity index (χ0) is 22.0. The van der Waals surface area contributed by atoms with Crippen molar-refractivity contribution in [3.8, 4) is 0 Å². The quantitative estimate of drug-likeness (QED) is 0.377. The first-order valence-corrected chi connectivity index (χ1v) is 11.5. The second kappa shape index (κ2) is 8.42. The third-order valence-electron chi connectivity index (χ3n) is 4.17. The summed E-state index contributed by atoms with van der Waals surface area (Å²) in [6.45, 7) is 0. The summed E-state index contributed by atoms with van der Waals surface area (Å²) < 4.78 is 32.9. The van der Waals surface area contributed by atoms with Crippen molar-refractivity contribution in [3.63, 3.8) is 0 Å². The third-order valence-corrected chi connectivity index (χ3v) is 7.17. The molecule has 3 N–H and O–H groups in total. The van der Waals surface area contributed by atoms with E-state index in [1.54, 1.807) is 41.8 Å². The topological polar surface area (TPSA) is 118 Å². The van der Waals surface area contributed by atoms with Crippen molar-refractivity contribution in [1.82, 2.24) is 10.9 Å². The Kier molecular flexibility index (Phi) is 5.68. The molecule has 0 aliphatic rings. The molecule has 0 spiro atoms. The van der Waals surface area contributed by atoms with Crippen molar-refractivity contribution < 1.29 is 22.4 Å². The minimum Gasteiger partial charge on any atom is -0.451 e. The van der Waals surface area contributed by atoms with Crippen molar-refractivity contribution in [3.05, 3.63) is 82.4 Å². The number of fused-ring (bicyclic) bond motifs is 1. The number of nitrogens with one attached hydrogen (secondary N) is 3. The van der Waals surface area contributed by atoms with Gasteiger partial charge in [0.15, 0.2) is 5.76 Å². The number of anilines is 1. The highest BCUT2D eigenvalue weighted by atomic mass is 35.5. The van der Waals surface area contributed by atoms with E-state index in [1.165, 1.54) is 24.3 Å². The summed E-state index contributed by atoms with van der Waals surface area (Å²) in [5, 5.41) is 2.77. The number of hydrogen-bond donors (Lipinski definition) is 3. The molecule has 2 aromatic heterocycles. The molecule has 2 aromatic carbocycles. The first kappa shape index (κ1) is 20.9. The Balaban J connectivity index is 1.48. The lowest BCUT2D eigenvalue weighted by Gasteiger charge is -2.12. The van der Waals surface area contributed by atoms with Gasteiger partial charge >= 0.3 is 5.91 Å². The molecule has 0 aliphatic carbocycles. The van der Waals surface area contributed by atoms with Crippen LogP contribution < -0.4 is 15.6 Å². The number of furan rings is 1. The minimum absolute atomic E-state index is 0.0238. The molecule has 158 valence electrons. The number of halogens is 1. The standard InChI is InChI=1S/C20H14ClN3O5S2/c21-13-7-8-16-12(10-13)11-17(29-16)20(26)23-22-19(25)14-4-1-2-5-15(14)24-31(27,28)18-6-3-9-30-18/h1-11,24H,(H,22,25)(H,23,26). The van der Waals surface area contributed by atoms with Crippen molar-refractivity contribution in [2.24, 2.45) is 0 Å². The predicted molar refractivity (Wildman–Crippen MR) is 118 cm³/mol. The number of carbonyl (C=O) groups is 2. The molecule has 4 rings (SSSR count). The van der Waals surface area contributed by atoms with E-state index < -0.39 is 21.8 Å². The van der Waals surface area contributed by atoms with Crippen LogP contribution in [0.3, 0.4) is 0 Å². The molecule has 0 atom stereocenters. The number of hydrogen-bond acceptors (Lipinski definition) is 6. The lowest BCUT2D eigenvalue weighted by atomic mass is 10.2. The van der Waals surface area contributed by atoms with Crippen LogP contribution in [0.25, 0.3) is 11.0 Å². The Morgan fingerprint density at radius 1 is 0.935 bits per heavy atom. The SMILES string of the molecule is O=C(NNC(=O)c1ccccc1NS(=O)(=O)c1cccs1)c1cc2cc(Cl)ccc2o1. The molecule has 31 heavy (non-hydrogen) atoms. The van der Waals surface area contributed by atoms with Crippen LogP contribution in [-0.2, 0) is 10.0 Å². The number of rotatable bonds is 5. The lowest BCUT2D eigenvalue weighted by molar-refractivity contribution is 0.0832. The van der Waals surface area contributed by atoms with Gasteiger partial charge in [0, 0.05) is 10.4 Å². The first-order chi connectivity index (χ1) is 14.8. The molecule has 0 aliphatic heterocycles. The van der Waals surface area contributed by atoms with Gasteiger partial charge in [-0.1, -0.05) is 29.8 Å². The molecule has 11 heteroatoms. The van der Waals surface area contributed by atoms with Gasteiger partial charge in [0.05, 0.1) is 11.3 Å². The second-order valence-electron chi connectivity index (χ2n) is 6.28. The van der Waals surface area contributed by atoms with Crippen LogP contribution in [0.2, 0.25) is 5.02 Å². The van der Waals surface area contributed by atoms with Gasteiger partial charge in [-0.15, -0.1) is 11.3 Å². The molecule has 0 bridgehead atoms. The van der Waals surface area contributed by atoms with Gasteiger partial charge in [0.25, 0.3) is 15.9 Å². The highest BCUT2D eigenvalue weighted by Gasteiger charge is 2.20. The number of para-hydroxylation sites is 1. The highest BCUT2D eigenvalue weighted by molar-refractivity contribution is 7.94. The normalized spacial score (nSPS) is 11.3. The number of hydrazine groups is 1. The van der Waals surface area contributed by atoms with Gasteiger partial charge in [0.1, 0.15) is 9.79 Å². The maximum Gasteiger partial charge on any atom is 0.305 e. The zero-order valence-corrected chi connectivity index (χ0v) is 18.0. The number of sulfonamides is 1. The summed E-state index contributed by atoms with van der Waals surface area (Å²) in [5.74, 6) is -1.42. The highest BCUT2D eigenvalue weighted by Crippen LogP contribution is 2.24. The van der Waals surface area contributed by atoms with Crippen LogP contribution in [0.1, 0.15) is 20.9 Å². The monoisotopic (exact) mass is 475 g/mol. The molecule has 0 fully saturated rings. The van der Waals surface area contributed by atoms with Crippen molar-refractivity contribution in [1.29, 1.82) is 0 Å². The average Bonchev–Trinajstić information content (AvgIpc) is 3.42. The number of amides is 2. The van der Waals surface area contributed by atoms with E-state index in [0.717, 1.165) is 11.3 Å². The lowest BCUT2D eigenvalue weighted by Crippen LogP contribution is -2.41. The molecule has 0 saturated heterocycles. The molecular weight excluding hydrogens is 462 g/mol. The summed E-state index contributed by atoms with van der Waals surface area (Å²) >= 11 is 6.97. The maximum absolute atomic E-state index is 12.6. The molecule has 0 unspecified atom stereocenters. The van der Waals surface area contributed by atoms with Crippen LogP contribution in [0.4, 0.5) is 5.69 Å². The van der Waals surface area contributed by atoms with E-state index in [1.807, 2.05) is 0 Å². The molecule has 4 aromatic rings. The first-order valence-electron chi connectivity index (χ1n) is 8.78. The Labute approximate surface area is 185 Å². The zero-order valence-electron chi connectivity index (χ0n) is 15.6. The van der Waals surface area contributed by atoms with Crippen molar-refractivity contribution >= 4 is 61.4 Å². The summed E-state index contributed by atoms with van der Waals surface area (Å²) in [6.07, 6.45) is 0. The third kappa shape index (κ3) is 4.55. The number of benzene rings is 2. The van der Waals surface area contributed by atoms with Gasteiger partial charge in [0.2, 0.25) is 0 Å². The summed E-state index contributed by atoms with van der Waals surface area (Å²) in [6, 6.07) is 15.5. The molecule has 0 radical (unpaired) electrons. The van der Waals surface area contributed by atoms with E-state index in [9.17, 15) is 18.0 Å². The van der Waals surface area contributed by atoms with Crippen LogP contribution in [0.5, 0.6) is 0 Å². The van der Waals surface area contributed by atoms with Gasteiger partial charge in [-0.25, -0.2) is 8.42 Å². The van der Waals surface area contributed by atoms with Crippen LogP contribution >= 0.6 is 22.9 Å². The van der Waals surface area contributed by atoms with Crippen LogP contribution in [-0.4, -0.2) is 20.2 Å². The fourth-order valence-corrected chi connectivity index (χ4v) is 5.00. The van der Waals surface area contributed by atoms with E-state index in [-0.39, 0.29) is 21.2 Å². The smallest absolute Gasteiger partial charge is 0.305 e. The van der Waals surface area contributed by atoms with Gasteiger partial charge in [-0.05, 0) is 47.8 Å². The van der Waals surface area contributed by atoms with Crippen molar-refractivity contribution in [2.75, 3.05) is 4.72 Å². The molecule has 2 amide bonds. The molecule has 2 heterocycles. The van der Waals surface area contributed by atoms with Gasteiger partial charge < -0.3 is 4.42 Å². The number of thiophene rings is 1. The van der Waals surface area contributed by atoms with Crippen LogP contribution in [0, 0.1) is 0 Å². The largest absolute Gasteiger partial charge is 0.451 e. The fraction of sp³-hybridized carbons (Fsp3) is 0. The van der Waals surface area contributed by atoms with Crippen LogP contribution in [0.15, 0.2) is 74.7 Å². The Morgan fingerprint density at radius 2 is 1.71 bits per heavy atom. The van der Waals surface area contributed by atoms with E-state index in [4.69, 9.17) is 16.0 Å². The molecular formula is C20H14ClN3O5S2. The second-order valence-corrected chi connectivity index (χ2v) is 9.58. The Morgan fingerprint density at radius 3 is 2.48 bits per heavy atom. The average molecular weight is 476 g/mol. The van der Waals surface area contributed by atoms with Gasteiger partial charge in [-0.3, -0.25) is 25.2 Å². The molecule has 8 nitrogen and oxygen atoms in total. The summed E-state index contributed by atoms with van der Waals surface area (Å²) in [7, 11) is -3.84. The Bertz CT molecular complexity index is 1380. The summed E-state index contributed by atoms with van der Waals surface area (Å²) in [5.41, 5.74) is 5.07. The van der Waals surface area contributed by atoms with E-state index >= 15 is 0 Å².